The van der Waals surface area contributed by atoms with Crippen LogP contribution in [0.3, 0.4) is 0 Å². The number of methoxy groups -OCH3 is 1. The normalized spacial score (nSPS) is 19.3. The predicted molar refractivity (Wildman–Crippen MR) is 44.3 cm³/mol. The van der Waals surface area contributed by atoms with Gasteiger partial charge in [0.25, 0.3) is 0 Å². The summed E-state index contributed by atoms with van der Waals surface area (Å²) in [5, 5.41) is 0. The average molecular weight is 173 g/mol. The minimum Gasteiger partial charge on any atom is -0.381 e. The van der Waals surface area contributed by atoms with Crippen molar-refractivity contribution in [2.75, 3.05) is 20.2 Å². The molecule has 5 heteroatoms. The van der Waals surface area contributed by atoms with Crippen molar-refractivity contribution in [3.63, 3.8) is 0 Å². The average Bonchev–Trinajstić information content (AvgIpc) is 2.17. The third kappa shape index (κ3) is 2.09. The minimum absolute atomic E-state index is 0.204. The number of carbonyl (C=O) groups is 1. The van der Waals surface area contributed by atoms with Crippen LogP contribution in [0.25, 0.3) is 0 Å². The lowest BCUT2D eigenvalue weighted by Crippen LogP contribution is -2.47. The third-order valence-electron chi connectivity index (χ3n) is 2.19. The number of nitrogens with zero attached hydrogens (tertiary/aromatic N) is 1. The van der Waals surface area contributed by atoms with E-state index in [1.165, 1.54) is 0 Å². The topological polar surface area (TPSA) is 67.6 Å². The lowest BCUT2D eigenvalue weighted by atomic mass is 10.1. The smallest absolute Gasteiger partial charge is 0.331 e. The van der Waals surface area contributed by atoms with Gasteiger partial charge in [-0.2, -0.15) is 0 Å². The van der Waals surface area contributed by atoms with Crippen LogP contribution in [0.5, 0.6) is 0 Å². The minimum atomic E-state index is -0.204. The van der Waals surface area contributed by atoms with Crippen LogP contribution in [0.1, 0.15) is 12.8 Å². The Bertz CT molecular complexity index is 155. The van der Waals surface area contributed by atoms with E-state index in [4.69, 9.17) is 10.6 Å². The molecule has 1 rings (SSSR count). The molecule has 70 valence electrons. The summed E-state index contributed by atoms with van der Waals surface area (Å²) in [5.74, 6) is 5.00. The van der Waals surface area contributed by atoms with E-state index in [-0.39, 0.29) is 6.03 Å². The summed E-state index contributed by atoms with van der Waals surface area (Å²) in [6, 6.07) is -0.204. The summed E-state index contributed by atoms with van der Waals surface area (Å²) in [6.45, 7) is 1.45. The number of nitrogens with two attached hydrogens (primary N) is 1. The third-order valence-corrected chi connectivity index (χ3v) is 2.19. The molecular weight excluding hydrogens is 158 g/mol. The molecule has 3 N–H and O–H groups in total. The standard InChI is InChI=1S/C7H15N3O2/c1-12-6-2-4-10(5-3-6)7(11)9-8/h6H,2-5,8H2,1H3,(H,9,11). The first-order valence-corrected chi connectivity index (χ1v) is 4.06. The number of hydrogen-bond donors (Lipinski definition) is 2. The van der Waals surface area contributed by atoms with Crippen molar-refractivity contribution in [1.82, 2.24) is 10.3 Å². The first-order valence-electron chi connectivity index (χ1n) is 4.06. The van der Waals surface area contributed by atoms with Crippen LogP contribution in [0.2, 0.25) is 0 Å². The maximum atomic E-state index is 11.0. The van der Waals surface area contributed by atoms with Crippen molar-refractivity contribution in [3.8, 4) is 0 Å². The summed E-state index contributed by atoms with van der Waals surface area (Å²) in [4.78, 5) is 12.7. The van der Waals surface area contributed by atoms with Crippen molar-refractivity contribution in [2.45, 2.75) is 18.9 Å². The van der Waals surface area contributed by atoms with Crippen LogP contribution in [0, 0.1) is 0 Å². The summed E-state index contributed by atoms with van der Waals surface area (Å²) in [6.07, 6.45) is 2.08. The predicted octanol–water partition coefficient (Wildman–Crippen LogP) is -0.319. The molecular formula is C7H15N3O2. The van der Waals surface area contributed by atoms with E-state index >= 15 is 0 Å². The Labute approximate surface area is 71.8 Å². The fourth-order valence-electron chi connectivity index (χ4n) is 1.39. The second kappa shape index (κ2) is 4.27. The van der Waals surface area contributed by atoms with Gasteiger partial charge in [0.2, 0.25) is 0 Å². The van der Waals surface area contributed by atoms with Gasteiger partial charge in [0.05, 0.1) is 6.10 Å². The number of rotatable bonds is 1. The number of hydrazine groups is 1. The van der Waals surface area contributed by atoms with Gasteiger partial charge in [-0.1, -0.05) is 0 Å². The number of piperidine rings is 1. The van der Waals surface area contributed by atoms with Crippen LogP contribution in [0.4, 0.5) is 4.79 Å². The highest BCUT2D eigenvalue weighted by molar-refractivity contribution is 5.73. The molecule has 0 aromatic carbocycles. The zero-order valence-electron chi connectivity index (χ0n) is 7.25. The van der Waals surface area contributed by atoms with Crippen LogP contribution in [0.15, 0.2) is 0 Å². The van der Waals surface area contributed by atoms with Crippen LogP contribution in [-0.4, -0.2) is 37.2 Å². The summed E-state index contributed by atoms with van der Waals surface area (Å²) >= 11 is 0. The molecule has 1 aliphatic heterocycles. The first kappa shape index (κ1) is 9.28. The van der Waals surface area contributed by atoms with Crippen LogP contribution in [-0.2, 0) is 4.74 Å². The van der Waals surface area contributed by atoms with Gasteiger partial charge in [-0.25, -0.2) is 10.6 Å². The van der Waals surface area contributed by atoms with E-state index in [9.17, 15) is 4.79 Å². The van der Waals surface area contributed by atoms with Gasteiger partial charge < -0.3 is 9.64 Å². The van der Waals surface area contributed by atoms with Crippen molar-refractivity contribution in [3.05, 3.63) is 0 Å². The van der Waals surface area contributed by atoms with E-state index in [1.807, 2.05) is 0 Å². The quantitative estimate of drug-likeness (QED) is 0.324. The molecule has 0 aliphatic carbocycles. The molecule has 0 saturated carbocycles. The molecule has 2 amide bonds. The Kier molecular flexibility index (Phi) is 3.31. The summed E-state index contributed by atoms with van der Waals surface area (Å²) < 4.78 is 5.16. The summed E-state index contributed by atoms with van der Waals surface area (Å²) in [5.41, 5.74) is 2.11. The first-order chi connectivity index (χ1) is 5.77. The van der Waals surface area contributed by atoms with E-state index < -0.39 is 0 Å². The molecule has 1 fully saturated rings. The SMILES string of the molecule is COC1CCN(C(=O)NN)CC1. The number of amides is 2. The maximum absolute atomic E-state index is 11.0. The van der Waals surface area contributed by atoms with Crippen LogP contribution >= 0.6 is 0 Å². The molecule has 0 spiro atoms. The maximum Gasteiger partial charge on any atom is 0.331 e. The number of nitrogens with one attached hydrogen (secondary N) is 1. The molecule has 1 aliphatic rings. The van der Waals surface area contributed by atoms with Gasteiger partial charge in [0, 0.05) is 20.2 Å². The molecule has 0 aromatic rings. The van der Waals surface area contributed by atoms with Crippen molar-refractivity contribution < 1.29 is 9.53 Å². The van der Waals surface area contributed by atoms with Crippen molar-refractivity contribution >= 4 is 6.03 Å². The Balaban J connectivity index is 2.30. The molecule has 0 aromatic heterocycles. The zero-order chi connectivity index (χ0) is 8.97. The molecule has 0 radical (unpaired) electrons. The number of ether oxygens (including phenoxy) is 1. The number of likely N-dealkylation sites (tertiary alicyclic amines) is 1. The highest BCUT2D eigenvalue weighted by Gasteiger charge is 2.21. The highest BCUT2D eigenvalue weighted by Crippen LogP contribution is 2.12. The van der Waals surface area contributed by atoms with Gasteiger partial charge in [-0.3, -0.25) is 5.43 Å². The van der Waals surface area contributed by atoms with E-state index in [0.717, 1.165) is 25.9 Å². The fraction of sp³-hybridized carbons (Fsp3) is 0.857. The molecule has 12 heavy (non-hydrogen) atoms. The Hall–Kier alpha value is -0.810. The number of urea groups is 1. The molecule has 0 unspecified atom stereocenters. The number of carbonyl (C=O) groups excluding carboxylic acids is 1. The lowest BCUT2D eigenvalue weighted by molar-refractivity contribution is 0.0504. The zero-order valence-corrected chi connectivity index (χ0v) is 7.25. The van der Waals surface area contributed by atoms with Gasteiger partial charge in [0.1, 0.15) is 0 Å². The van der Waals surface area contributed by atoms with Gasteiger partial charge in [-0.05, 0) is 12.8 Å². The summed E-state index contributed by atoms with van der Waals surface area (Å²) in [7, 11) is 1.70. The molecule has 1 heterocycles. The molecule has 0 bridgehead atoms. The molecule has 1 saturated heterocycles. The van der Waals surface area contributed by atoms with Crippen molar-refractivity contribution in [1.29, 1.82) is 0 Å². The largest absolute Gasteiger partial charge is 0.381 e. The van der Waals surface area contributed by atoms with E-state index in [0.29, 0.717) is 6.10 Å². The highest BCUT2D eigenvalue weighted by atomic mass is 16.5. The van der Waals surface area contributed by atoms with Gasteiger partial charge >= 0.3 is 6.03 Å². The van der Waals surface area contributed by atoms with Crippen molar-refractivity contribution in [2.24, 2.45) is 5.84 Å². The number of hydrogen-bond acceptors (Lipinski definition) is 3. The lowest BCUT2D eigenvalue weighted by Gasteiger charge is -2.30. The van der Waals surface area contributed by atoms with Gasteiger partial charge in [-0.15, -0.1) is 0 Å². The second-order valence-electron chi connectivity index (χ2n) is 2.87. The second-order valence-corrected chi connectivity index (χ2v) is 2.87. The van der Waals surface area contributed by atoms with Gasteiger partial charge in [0.15, 0.2) is 0 Å². The Morgan fingerprint density at radius 1 is 1.58 bits per heavy atom. The van der Waals surface area contributed by atoms with E-state index in [2.05, 4.69) is 5.43 Å². The van der Waals surface area contributed by atoms with Crippen LogP contribution < -0.4 is 11.3 Å². The monoisotopic (exact) mass is 173 g/mol. The Morgan fingerprint density at radius 3 is 2.58 bits per heavy atom. The Morgan fingerprint density at radius 2 is 2.17 bits per heavy atom. The molecule has 5 nitrogen and oxygen atoms in total. The molecule has 0 atom stereocenters. The fourth-order valence-corrected chi connectivity index (χ4v) is 1.39. The van der Waals surface area contributed by atoms with E-state index in [1.54, 1.807) is 12.0 Å².